The monoisotopic (exact) mass is 566 g/mol. The van der Waals surface area contributed by atoms with E-state index in [1.807, 2.05) is 60.7 Å². The molecule has 0 bridgehead atoms. The Morgan fingerprint density at radius 2 is 1.59 bits per heavy atom. The molecule has 0 fully saturated rings. The number of aromatic amines is 1. The maximum Gasteiger partial charge on any atom is 0.270 e. The maximum atomic E-state index is 13.8. The summed E-state index contributed by atoms with van der Waals surface area (Å²) in [4.78, 5) is 57.2. The van der Waals surface area contributed by atoms with E-state index in [2.05, 4.69) is 10.3 Å². The molecule has 0 unspecified atom stereocenters. The zero-order valence-electron chi connectivity index (χ0n) is 22.5. The number of carbonyl (C=O) groups is 2. The van der Waals surface area contributed by atoms with Crippen LogP contribution in [0.4, 0.5) is 0 Å². The van der Waals surface area contributed by atoms with E-state index >= 15 is 0 Å². The first-order valence-electron chi connectivity index (χ1n) is 12.9. The summed E-state index contributed by atoms with van der Waals surface area (Å²) in [7, 11) is 3.19. The molecule has 3 aromatic carbocycles. The van der Waals surface area contributed by atoms with E-state index in [0.29, 0.717) is 33.7 Å². The molecular weight excluding hydrogens is 540 g/mol. The van der Waals surface area contributed by atoms with Crippen molar-refractivity contribution in [3.05, 3.63) is 145 Å². The fourth-order valence-corrected chi connectivity index (χ4v) is 4.93. The number of fused-ring (bicyclic) bond motifs is 1. The third-order valence-electron chi connectivity index (χ3n) is 6.68. The van der Waals surface area contributed by atoms with Gasteiger partial charge in [-0.2, -0.15) is 0 Å². The molecule has 2 aromatic heterocycles. The van der Waals surface area contributed by atoms with Gasteiger partial charge in [-0.05, 0) is 42.0 Å². The molecule has 0 atom stereocenters. The number of hydrogen-bond donors (Lipinski definition) is 2. The lowest BCUT2D eigenvalue weighted by atomic mass is 10.0. The molecule has 0 aliphatic rings. The van der Waals surface area contributed by atoms with E-state index in [-0.39, 0.29) is 23.4 Å². The average molecular weight is 567 g/mol. The molecule has 0 saturated heterocycles. The van der Waals surface area contributed by atoms with Crippen LogP contribution in [0, 0.1) is 0 Å². The van der Waals surface area contributed by atoms with Crippen LogP contribution in [0.15, 0.2) is 101 Å². The van der Waals surface area contributed by atoms with Gasteiger partial charge in [0.25, 0.3) is 11.8 Å². The number of amides is 2. The van der Waals surface area contributed by atoms with Crippen LogP contribution in [0.3, 0.4) is 0 Å². The van der Waals surface area contributed by atoms with Crippen molar-refractivity contribution in [2.24, 2.45) is 0 Å². The van der Waals surface area contributed by atoms with Crippen LogP contribution < -0.4 is 16.3 Å². The van der Waals surface area contributed by atoms with Crippen molar-refractivity contribution in [1.29, 1.82) is 0 Å². The summed E-state index contributed by atoms with van der Waals surface area (Å²) in [5.74, 6) is -0.964. The second-order valence-corrected chi connectivity index (χ2v) is 10.2. The molecule has 0 saturated carbocycles. The van der Waals surface area contributed by atoms with Gasteiger partial charge in [0, 0.05) is 66.0 Å². The third-order valence-corrected chi connectivity index (χ3v) is 6.91. The first-order chi connectivity index (χ1) is 19.7. The van der Waals surface area contributed by atoms with Gasteiger partial charge in [-0.3, -0.25) is 19.2 Å². The fraction of sp³-hybridized carbons (Fsp3) is 0.125. The topological polar surface area (TPSA) is 104 Å². The Morgan fingerprint density at radius 1 is 0.902 bits per heavy atom. The lowest BCUT2D eigenvalue weighted by molar-refractivity contribution is 0.0816. The predicted octanol–water partition coefficient (Wildman–Crippen LogP) is 4.56. The van der Waals surface area contributed by atoms with E-state index in [4.69, 9.17) is 11.6 Å². The number of carbonyl (C=O) groups excluding carboxylic acids is 2. The van der Waals surface area contributed by atoms with Gasteiger partial charge >= 0.3 is 0 Å². The second kappa shape index (κ2) is 11.7. The zero-order chi connectivity index (χ0) is 29.1. The Morgan fingerprint density at radius 3 is 2.27 bits per heavy atom. The van der Waals surface area contributed by atoms with Gasteiger partial charge in [0.15, 0.2) is 5.43 Å². The second-order valence-electron chi connectivity index (χ2n) is 9.79. The number of hydrogen-bond acceptors (Lipinski definition) is 4. The van der Waals surface area contributed by atoms with E-state index in [0.717, 1.165) is 5.56 Å². The Bertz CT molecular complexity index is 1880. The highest BCUT2D eigenvalue weighted by atomic mass is 35.5. The molecule has 0 radical (unpaired) electrons. The minimum absolute atomic E-state index is 0.108. The number of para-hydroxylation sites is 1. The van der Waals surface area contributed by atoms with Gasteiger partial charge in [-0.1, -0.05) is 60.1 Å². The smallest absolute Gasteiger partial charge is 0.270 e. The lowest BCUT2D eigenvalue weighted by Crippen LogP contribution is -2.34. The number of pyridine rings is 2. The number of aromatic nitrogens is 2. The van der Waals surface area contributed by atoms with Crippen LogP contribution in [-0.2, 0) is 13.0 Å². The summed E-state index contributed by atoms with van der Waals surface area (Å²) < 4.78 is 1.69. The number of H-pyrrole nitrogens is 1. The SMILES string of the molecule is CN(C)C(=O)c1c(CNC(=O)c2cc(Cc3ccccc3)[nH]c(=O)c2)c(=O)c2ccc(Cl)cc2n1-c1ccccc1. The molecule has 2 amide bonds. The standard InChI is InChI=1S/C32H27ClN4O4/c1-36(2)32(41)29-26(30(39)25-14-13-22(33)18-27(25)37(29)24-11-7-4-8-12-24)19-34-31(40)21-16-23(35-28(38)17-21)15-20-9-5-3-6-10-20/h3-14,16-18H,15,19H2,1-2H3,(H,34,40)(H,35,38). The highest BCUT2D eigenvalue weighted by Crippen LogP contribution is 2.25. The van der Waals surface area contributed by atoms with Crippen molar-refractivity contribution in [3.63, 3.8) is 0 Å². The summed E-state index contributed by atoms with van der Waals surface area (Å²) in [6.45, 7) is -0.237. The number of benzene rings is 3. The average Bonchev–Trinajstić information content (AvgIpc) is 2.96. The predicted molar refractivity (Wildman–Crippen MR) is 160 cm³/mol. The highest BCUT2D eigenvalue weighted by molar-refractivity contribution is 6.31. The fourth-order valence-electron chi connectivity index (χ4n) is 4.77. The minimum atomic E-state index is -0.546. The van der Waals surface area contributed by atoms with Crippen molar-refractivity contribution < 1.29 is 9.59 Å². The third kappa shape index (κ3) is 5.83. The number of nitrogens with zero attached hydrogens (tertiary/aromatic N) is 2. The normalized spacial score (nSPS) is 10.9. The highest BCUT2D eigenvalue weighted by Gasteiger charge is 2.25. The van der Waals surface area contributed by atoms with Crippen molar-refractivity contribution >= 4 is 34.3 Å². The molecular formula is C32H27ClN4O4. The van der Waals surface area contributed by atoms with E-state index in [9.17, 15) is 19.2 Å². The Balaban J connectivity index is 1.59. The molecule has 0 spiro atoms. The van der Waals surface area contributed by atoms with Gasteiger partial charge in [0.2, 0.25) is 5.56 Å². The summed E-state index contributed by atoms with van der Waals surface area (Å²) in [6, 6.07) is 26.4. The van der Waals surface area contributed by atoms with Gasteiger partial charge < -0.3 is 19.8 Å². The van der Waals surface area contributed by atoms with Crippen molar-refractivity contribution in [2.45, 2.75) is 13.0 Å². The zero-order valence-corrected chi connectivity index (χ0v) is 23.2. The summed E-state index contributed by atoms with van der Waals surface area (Å²) >= 11 is 6.32. The van der Waals surface area contributed by atoms with E-state index in [1.165, 1.54) is 11.0 Å². The number of nitrogens with one attached hydrogen (secondary N) is 2. The molecule has 9 heteroatoms. The summed E-state index contributed by atoms with van der Waals surface area (Å²) in [5.41, 5.74) is 2.23. The van der Waals surface area contributed by atoms with Crippen LogP contribution >= 0.6 is 11.6 Å². The molecule has 2 N–H and O–H groups in total. The number of halogens is 1. The Kier molecular flexibility index (Phi) is 7.85. The lowest BCUT2D eigenvalue weighted by Gasteiger charge is -2.22. The molecule has 41 heavy (non-hydrogen) atoms. The molecule has 2 heterocycles. The Labute approximate surface area is 240 Å². The molecule has 5 aromatic rings. The summed E-state index contributed by atoms with van der Waals surface area (Å²) in [6.07, 6.45) is 0.438. The molecule has 5 rings (SSSR count). The maximum absolute atomic E-state index is 13.8. The van der Waals surface area contributed by atoms with Gasteiger partial charge in [-0.25, -0.2) is 0 Å². The molecule has 0 aliphatic carbocycles. The number of rotatable bonds is 7. The van der Waals surface area contributed by atoms with Gasteiger partial charge in [0.1, 0.15) is 5.69 Å². The van der Waals surface area contributed by atoms with Crippen LogP contribution in [0.5, 0.6) is 0 Å². The van der Waals surface area contributed by atoms with Gasteiger partial charge in [-0.15, -0.1) is 0 Å². The first kappa shape index (κ1) is 27.6. The van der Waals surface area contributed by atoms with E-state index < -0.39 is 22.8 Å². The van der Waals surface area contributed by atoms with Crippen LogP contribution in [0.2, 0.25) is 5.02 Å². The molecule has 206 valence electrons. The largest absolute Gasteiger partial charge is 0.348 e. The van der Waals surface area contributed by atoms with Gasteiger partial charge in [0.05, 0.1) is 5.52 Å². The minimum Gasteiger partial charge on any atom is -0.348 e. The van der Waals surface area contributed by atoms with Crippen molar-refractivity contribution in [3.8, 4) is 5.69 Å². The van der Waals surface area contributed by atoms with Crippen molar-refractivity contribution in [2.75, 3.05) is 14.1 Å². The van der Waals surface area contributed by atoms with Crippen LogP contribution in [0.1, 0.15) is 37.7 Å². The Hall–Kier alpha value is -4.95. The van der Waals surface area contributed by atoms with Crippen molar-refractivity contribution in [1.82, 2.24) is 19.8 Å². The van der Waals surface area contributed by atoms with Crippen LogP contribution in [-0.4, -0.2) is 40.4 Å². The van der Waals surface area contributed by atoms with E-state index in [1.54, 1.807) is 42.9 Å². The quantitative estimate of drug-likeness (QED) is 0.301. The molecule has 0 aliphatic heterocycles. The summed E-state index contributed by atoms with van der Waals surface area (Å²) in [5, 5.41) is 3.52. The van der Waals surface area contributed by atoms with Crippen LogP contribution in [0.25, 0.3) is 16.6 Å². The first-order valence-corrected chi connectivity index (χ1v) is 13.3. The molecule has 8 nitrogen and oxygen atoms in total.